The molecule has 1 aliphatic carbocycles. The van der Waals surface area contributed by atoms with E-state index < -0.39 is 5.60 Å². The van der Waals surface area contributed by atoms with Gasteiger partial charge in [-0.05, 0) is 71.4 Å². The molecule has 0 unspecified atom stereocenters. The molecule has 2 N–H and O–H groups in total. The Balaban J connectivity index is 0.00000180. The third-order valence-electron chi connectivity index (χ3n) is 3.96. The Bertz CT molecular complexity index is 304. The van der Waals surface area contributed by atoms with Crippen LogP contribution in [-0.2, 0) is 4.74 Å². The minimum Gasteiger partial charge on any atom is -0.444 e. The van der Waals surface area contributed by atoms with Crippen LogP contribution in [0.25, 0.3) is 0 Å². The predicted octanol–water partition coefficient (Wildman–Crippen LogP) is 2.71. The average molecular weight is 291 g/mol. The number of alkyl carbamates (subject to hydrolysis) is 1. The summed E-state index contributed by atoms with van der Waals surface area (Å²) in [6.07, 6.45) is 4.41. The van der Waals surface area contributed by atoms with Crippen LogP contribution < -0.4 is 10.6 Å². The van der Waals surface area contributed by atoms with Crippen molar-refractivity contribution in [2.45, 2.75) is 58.1 Å². The Labute approximate surface area is 122 Å². The minimum absolute atomic E-state index is 0. The van der Waals surface area contributed by atoms with Gasteiger partial charge in [-0.1, -0.05) is 0 Å². The van der Waals surface area contributed by atoms with Crippen LogP contribution in [0.4, 0.5) is 4.79 Å². The summed E-state index contributed by atoms with van der Waals surface area (Å²) in [6, 6.07) is 0.305. The molecule has 19 heavy (non-hydrogen) atoms. The number of hydrogen-bond donors (Lipinski definition) is 2. The predicted molar refractivity (Wildman–Crippen MR) is 78.7 cm³/mol. The first kappa shape index (κ1) is 16.6. The lowest BCUT2D eigenvalue weighted by Crippen LogP contribution is -2.47. The summed E-state index contributed by atoms with van der Waals surface area (Å²) in [7, 11) is 0. The van der Waals surface area contributed by atoms with Gasteiger partial charge in [0.15, 0.2) is 0 Å². The molecule has 2 fully saturated rings. The molecule has 1 saturated carbocycles. The lowest BCUT2D eigenvalue weighted by Gasteiger charge is -2.39. The molecule has 0 bridgehead atoms. The zero-order valence-corrected chi connectivity index (χ0v) is 13.0. The third-order valence-corrected chi connectivity index (χ3v) is 3.96. The second-order valence-electron chi connectivity index (χ2n) is 6.67. The van der Waals surface area contributed by atoms with Crippen LogP contribution in [0.3, 0.4) is 0 Å². The molecule has 2 aliphatic rings. The minimum atomic E-state index is -0.407. The van der Waals surface area contributed by atoms with Gasteiger partial charge in [0.05, 0.1) is 0 Å². The van der Waals surface area contributed by atoms with Crippen molar-refractivity contribution in [2.75, 3.05) is 13.1 Å². The molecule has 1 amide bonds. The summed E-state index contributed by atoms with van der Waals surface area (Å²) in [5.41, 5.74) is -0.407. The van der Waals surface area contributed by atoms with E-state index in [4.69, 9.17) is 4.74 Å². The summed E-state index contributed by atoms with van der Waals surface area (Å²) >= 11 is 0. The van der Waals surface area contributed by atoms with E-state index in [9.17, 15) is 4.79 Å². The molecule has 0 aromatic carbocycles. The number of halogens is 1. The summed E-state index contributed by atoms with van der Waals surface area (Å²) in [5.74, 6) is 1.59. The standard InChI is InChI=1S/C14H26N2O2.ClH/c1-14(2,3)18-13(17)16-12-5-4-11-9-15-7-6-10(11)8-12;/h10-12,15H,4-9H2,1-3H3,(H,16,17);1H/t10-,11-,12-;/m0./s1. The molecular weight excluding hydrogens is 264 g/mol. The van der Waals surface area contributed by atoms with E-state index in [1.165, 1.54) is 12.8 Å². The quantitative estimate of drug-likeness (QED) is 0.781. The van der Waals surface area contributed by atoms with Crippen LogP contribution in [0.2, 0.25) is 0 Å². The molecule has 2 rings (SSSR count). The van der Waals surface area contributed by atoms with Crippen LogP contribution in [0.1, 0.15) is 46.5 Å². The van der Waals surface area contributed by atoms with Gasteiger partial charge < -0.3 is 15.4 Å². The summed E-state index contributed by atoms with van der Waals surface area (Å²) in [4.78, 5) is 11.7. The van der Waals surface area contributed by atoms with Crippen molar-refractivity contribution in [3.8, 4) is 0 Å². The van der Waals surface area contributed by atoms with Crippen LogP contribution in [0.5, 0.6) is 0 Å². The highest BCUT2D eigenvalue weighted by Crippen LogP contribution is 2.33. The highest BCUT2D eigenvalue weighted by molar-refractivity contribution is 5.85. The summed E-state index contributed by atoms with van der Waals surface area (Å²) in [5, 5.41) is 6.49. The van der Waals surface area contributed by atoms with Crippen molar-refractivity contribution in [3.05, 3.63) is 0 Å². The van der Waals surface area contributed by atoms with E-state index in [2.05, 4.69) is 10.6 Å². The molecule has 1 saturated heterocycles. The van der Waals surface area contributed by atoms with Crippen molar-refractivity contribution < 1.29 is 9.53 Å². The van der Waals surface area contributed by atoms with Gasteiger partial charge in [-0.3, -0.25) is 0 Å². The highest BCUT2D eigenvalue weighted by atomic mass is 35.5. The molecular formula is C14H27ClN2O2. The fourth-order valence-electron chi connectivity index (χ4n) is 3.13. The molecule has 0 radical (unpaired) electrons. The summed E-state index contributed by atoms with van der Waals surface area (Å²) in [6.45, 7) is 7.98. The SMILES string of the molecule is CC(C)(C)OC(=O)N[C@H]1CC[C@H]2CNCC[C@H]2C1.Cl. The number of hydrogen-bond acceptors (Lipinski definition) is 3. The highest BCUT2D eigenvalue weighted by Gasteiger charge is 2.33. The maximum absolute atomic E-state index is 11.7. The molecule has 0 spiro atoms. The van der Waals surface area contributed by atoms with E-state index in [1.54, 1.807) is 0 Å². The zero-order valence-electron chi connectivity index (χ0n) is 12.2. The van der Waals surface area contributed by atoms with E-state index >= 15 is 0 Å². The average Bonchev–Trinajstić information content (AvgIpc) is 2.26. The lowest BCUT2D eigenvalue weighted by atomic mass is 9.74. The van der Waals surface area contributed by atoms with Crippen LogP contribution in [0, 0.1) is 11.8 Å². The van der Waals surface area contributed by atoms with Crippen LogP contribution in [-0.4, -0.2) is 30.8 Å². The second kappa shape index (κ2) is 6.80. The molecule has 3 atom stereocenters. The molecule has 4 nitrogen and oxygen atoms in total. The van der Waals surface area contributed by atoms with Gasteiger partial charge in [0.1, 0.15) is 5.60 Å². The molecule has 0 aromatic rings. The van der Waals surface area contributed by atoms with Gasteiger partial charge in [0.2, 0.25) is 0 Å². The maximum atomic E-state index is 11.7. The topological polar surface area (TPSA) is 50.4 Å². The van der Waals surface area contributed by atoms with Crippen molar-refractivity contribution >= 4 is 18.5 Å². The first-order chi connectivity index (χ1) is 8.44. The Morgan fingerprint density at radius 1 is 1.21 bits per heavy atom. The molecule has 1 heterocycles. The Kier molecular flexibility index (Phi) is 5.93. The largest absolute Gasteiger partial charge is 0.444 e. The Hall–Kier alpha value is -0.480. The lowest BCUT2D eigenvalue weighted by molar-refractivity contribution is 0.0462. The monoisotopic (exact) mass is 290 g/mol. The molecule has 5 heteroatoms. The number of nitrogens with one attached hydrogen (secondary N) is 2. The number of ether oxygens (including phenoxy) is 1. The van der Waals surface area contributed by atoms with Crippen molar-refractivity contribution in [1.82, 2.24) is 10.6 Å². The fourth-order valence-corrected chi connectivity index (χ4v) is 3.13. The zero-order chi connectivity index (χ0) is 13.2. The smallest absolute Gasteiger partial charge is 0.407 e. The number of carbonyl (C=O) groups is 1. The second-order valence-corrected chi connectivity index (χ2v) is 6.67. The van der Waals surface area contributed by atoms with Crippen molar-refractivity contribution in [1.29, 1.82) is 0 Å². The third kappa shape index (κ3) is 5.19. The number of amides is 1. The molecule has 0 aromatic heterocycles. The van der Waals surface area contributed by atoms with Crippen LogP contribution in [0.15, 0.2) is 0 Å². The Morgan fingerprint density at radius 2 is 1.95 bits per heavy atom. The van der Waals surface area contributed by atoms with E-state index in [1.807, 2.05) is 20.8 Å². The van der Waals surface area contributed by atoms with Gasteiger partial charge in [-0.2, -0.15) is 0 Å². The molecule has 112 valence electrons. The first-order valence-corrected chi connectivity index (χ1v) is 7.14. The fraction of sp³-hybridized carbons (Fsp3) is 0.929. The van der Waals surface area contributed by atoms with Crippen molar-refractivity contribution in [3.63, 3.8) is 0 Å². The van der Waals surface area contributed by atoms with E-state index in [0.717, 1.165) is 37.8 Å². The maximum Gasteiger partial charge on any atom is 0.407 e. The first-order valence-electron chi connectivity index (χ1n) is 7.14. The van der Waals surface area contributed by atoms with Crippen molar-refractivity contribution in [2.24, 2.45) is 11.8 Å². The van der Waals surface area contributed by atoms with Crippen LogP contribution >= 0.6 is 12.4 Å². The Morgan fingerprint density at radius 3 is 2.63 bits per heavy atom. The number of piperidine rings is 1. The molecule has 1 aliphatic heterocycles. The number of rotatable bonds is 1. The summed E-state index contributed by atoms with van der Waals surface area (Å²) < 4.78 is 5.31. The van der Waals surface area contributed by atoms with Gasteiger partial charge >= 0.3 is 6.09 Å². The normalized spacial score (nSPS) is 30.8. The van der Waals surface area contributed by atoms with Gasteiger partial charge in [0, 0.05) is 6.04 Å². The van der Waals surface area contributed by atoms with Gasteiger partial charge in [-0.15, -0.1) is 12.4 Å². The number of carbonyl (C=O) groups excluding carboxylic acids is 1. The van der Waals surface area contributed by atoms with E-state index in [0.29, 0.717) is 6.04 Å². The number of fused-ring (bicyclic) bond motifs is 1. The van der Waals surface area contributed by atoms with Gasteiger partial charge in [0.25, 0.3) is 0 Å². The van der Waals surface area contributed by atoms with E-state index in [-0.39, 0.29) is 18.5 Å². The van der Waals surface area contributed by atoms with Gasteiger partial charge in [-0.25, -0.2) is 4.79 Å².